The maximum Gasteiger partial charge on any atom is 0.319 e. The van der Waals surface area contributed by atoms with Crippen molar-refractivity contribution in [1.82, 2.24) is 0 Å². The van der Waals surface area contributed by atoms with Gasteiger partial charge in [0.2, 0.25) is 0 Å². The van der Waals surface area contributed by atoms with Gasteiger partial charge in [-0.05, 0) is 45.9 Å². The Morgan fingerprint density at radius 3 is 2.42 bits per heavy atom. The summed E-state index contributed by atoms with van der Waals surface area (Å²) >= 11 is 1.26. The molecule has 0 aliphatic rings. The highest BCUT2D eigenvalue weighted by atomic mass is 32.2. The number of carboxylic acids is 1. The molecule has 0 amide bonds. The van der Waals surface area contributed by atoms with Gasteiger partial charge >= 0.3 is 5.97 Å². The third kappa shape index (κ3) is 4.35. The average Bonchev–Trinajstić information content (AvgIpc) is 2.32. The van der Waals surface area contributed by atoms with Crippen LogP contribution in [0, 0.1) is 0 Å². The van der Waals surface area contributed by atoms with Gasteiger partial charge in [0, 0.05) is 0 Å². The van der Waals surface area contributed by atoms with Crippen LogP contribution < -0.4 is 9.47 Å². The first-order chi connectivity index (χ1) is 8.90. The third-order valence-electron chi connectivity index (χ3n) is 2.41. The second kappa shape index (κ2) is 6.70. The zero-order chi connectivity index (χ0) is 14.5. The molecule has 0 spiro atoms. The molecule has 0 aliphatic heterocycles. The Morgan fingerprint density at radius 2 is 1.89 bits per heavy atom. The number of aliphatic carboxylic acids is 1. The number of hydrogen-bond donors (Lipinski definition) is 1. The molecule has 0 aromatic heterocycles. The summed E-state index contributed by atoms with van der Waals surface area (Å²) in [7, 11) is 0. The summed E-state index contributed by atoms with van der Waals surface area (Å²) < 4.78 is 10.0. The molecule has 1 rings (SSSR count). The first kappa shape index (κ1) is 15.7. The van der Waals surface area contributed by atoms with E-state index in [1.807, 2.05) is 32.0 Å². The van der Waals surface area contributed by atoms with E-state index in [9.17, 15) is 9.90 Å². The van der Waals surface area contributed by atoms with Crippen molar-refractivity contribution in [2.45, 2.75) is 37.3 Å². The fraction of sp³-hybridized carbons (Fsp3) is 0.500. The van der Waals surface area contributed by atoms with Crippen molar-refractivity contribution in [3.05, 3.63) is 18.2 Å². The van der Waals surface area contributed by atoms with E-state index >= 15 is 0 Å². The lowest BCUT2D eigenvalue weighted by Crippen LogP contribution is -2.27. The van der Waals surface area contributed by atoms with E-state index in [1.54, 1.807) is 13.8 Å². The fourth-order valence-corrected chi connectivity index (χ4v) is 2.46. The SMILES string of the molecule is CCOc1ccc(OCC)c(SC(C)(C)C(=O)O)c1. The summed E-state index contributed by atoms with van der Waals surface area (Å²) in [6.45, 7) is 8.25. The van der Waals surface area contributed by atoms with E-state index in [2.05, 4.69) is 0 Å². The summed E-state index contributed by atoms with van der Waals surface area (Å²) in [5, 5.41) is 9.20. The highest BCUT2D eigenvalue weighted by Gasteiger charge is 2.30. The molecule has 1 N–H and O–H groups in total. The van der Waals surface area contributed by atoms with Crippen LogP contribution in [0.25, 0.3) is 0 Å². The molecule has 0 saturated carbocycles. The summed E-state index contributed by atoms with van der Waals surface area (Å²) in [5.41, 5.74) is 0. The van der Waals surface area contributed by atoms with Crippen molar-refractivity contribution in [3.63, 3.8) is 0 Å². The number of carbonyl (C=O) groups is 1. The molecule has 0 aliphatic carbocycles. The molecule has 5 heteroatoms. The van der Waals surface area contributed by atoms with Crippen molar-refractivity contribution in [2.24, 2.45) is 0 Å². The van der Waals surface area contributed by atoms with Crippen LogP contribution >= 0.6 is 11.8 Å². The Bertz CT molecular complexity index is 443. The smallest absolute Gasteiger partial charge is 0.319 e. The van der Waals surface area contributed by atoms with E-state index in [0.29, 0.717) is 19.0 Å². The Labute approximate surface area is 118 Å². The maximum atomic E-state index is 11.2. The average molecular weight is 284 g/mol. The lowest BCUT2D eigenvalue weighted by atomic mass is 10.2. The van der Waals surface area contributed by atoms with Gasteiger partial charge in [-0.3, -0.25) is 4.79 Å². The highest BCUT2D eigenvalue weighted by molar-refractivity contribution is 8.01. The Kier molecular flexibility index (Phi) is 5.54. The summed E-state index contributed by atoms with van der Waals surface area (Å²) in [6, 6.07) is 5.46. The maximum absolute atomic E-state index is 11.2. The minimum Gasteiger partial charge on any atom is -0.494 e. The number of ether oxygens (including phenoxy) is 2. The van der Waals surface area contributed by atoms with Crippen LogP contribution in [-0.4, -0.2) is 29.0 Å². The van der Waals surface area contributed by atoms with Crippen LogP contribution in [0.4, 0.5) is 0 Å². The van der Waals surface area contributed by atoms with Crippen LogP contribution in [0.15, 0.2) is 23.1 Å². The van der Waals surface area contributed by atoms with Crippen LogP contribution in [0.3, 0.4) is 0 Å². The van der Waals surface area contributed by atoms with E-state index < -0.39 is 10.7 Å². The largest absolute Gasteiger partial charge is 0.494 e. The lowest BCUT2D eigenvalue weighted by Gasteiger charge is -2.20. The quantitative estimate of drug-likeness (QED) is 0.777. The van der Waals surface area contributed by atoms with Gasteiger partial charge in [0.1, 0.15) is 16.2 Å². The first-order valence-electron chi connectivity index (χ1n) is 6.22. The molecule has 0 bridgehead atoms. The van der Waals surface area contributed by atoms with Gasteiger partial charge in [-0.2, -0.15) is 0 Å². The van der Waals surface area contributed by atoms with Crippen LogP contribution in [0.5, 0.6) is 11.5 Å². The Morgan fingerprint density at radius 1 is 1.26 bits per heavy atom. The summed E-state index contributed by atoms with van der Waals surface area (Å²) in [5.74, 6) is 0.543. The minimum absolute atomic E-state index is 0.537. The van der Waals surface area contributed by atoms with E-state index in [4.69, 9.17) is 9.47 Å². The predicted molar refractivity (Wildman–Crippen MR) is 76.4 cm³/mol. The van der Waals surface area contributed by atoms with Crippen molar-refractivity contribution < 1.29 is 19.4 Å². The van der Waals surface area contributed by atoms with E-state index in [1.165, 1.54) is 11.8 Å². The molecule has 0 atom stereocenters. The standard InChI is InChI=1S/C14H20O4S/c1-5-17-10-7-8-11(18-6-2)12(9-10)19-14(3,4)13(15)16/h7-9H,5-6H2,1-4H3,(H,15,16). The zero-order valence-electron chi connectivity index (χ0n) is 11.7. The molecule has 0 saturated heterocycles. The molecular formula is C14H20O4S. The zero-order valence-corrected chi connectivity index (χ0v) is 12.5. The molecule has 106 valence electrons. The van der Waals surface area contributed by atoms with Crippen molar-refractivity contribution in [3.8, 4) is 11.5 Å². The molecule has 0 fully saturated rings. The van der Waals surface area contributed by atoms with Gasteiger partial charge in [0.05, 0.1) is 18.1 Å². The molecular weight excluding hydrogens is 264 g/mol. The highest BCUT2D eigenvalue weighted by Crippen LogP contribution is 2.40. The van der Waals surface area contributed by atoms with Crippen LogP contribution in [0.1, 0.15) is 27.7 Å². The number of rotatable bonds is 7. The molecule has 0 heterocycles. The number of carboxylic acid groups (broad SMARTS) is 1. The fourth-order valence-electron chi connectivity index (χ4n) is 1.42. The molecule has 0 radical (unpaired) electrons. The Hall–Kier alpha value is -1.36. The molecule has 1 aromatic carbocycles. The lowest BCUT2D eigenvalue weighted by molar-refractivity contribution is -0.138. The van der Waals surface area contributed by atoms with Gasteiger partial charge in [0.15, 0.2) is 0 Å². The van der Waals surface area contributed by atoms with Crippen molar-refractivity contribution in [2.75, 3.05) is 13.2 Å². The monoisotopic (exact) mass is 284 g/mol. The number of benzene rings is 1. The second-order valence-corrected chi connectivity index (χ2v) is 6.06. The van der Waals surface area contributed by atoms with E-state index in [0.717, 1.165) is 10.6 Å². The van der Waals surface area contributed by atoms with Crippen LogP contribution in [0.2, 0.25) is 0 Å². The van der Waals surface area contributed by atoms with Gasteiger partial charge in [-0.1, -0.05) is 0 Å². The predicted octanol–water partition coefficient (Wildman–Crippen LogP) is 3.44. The first-order valence-corrected chi connectivity index (χ1v) is 7.04. The second-order valence-electron chi connectivity index (χ2n) is 4.39. The minimum atomic E-state index is -0.920. The van der Waals surface area contributed by atoms with Gasteiger partial charge in [-0.15, -0.1) is 11.8 Å². The number of hydrogen-bond acceptors (Lipinski definition) is 4. The third-order valence-corrected chi connectivity index (χ3v) is 3.63. The molecule has 1 aromatic rings. The van der Waals surface area contributed by atoms with Crippen molar-refractivity contribution in [1.29, 1.82) is 0 Å². The topological polar surface area (TPSA) is 55.8 Å². The normalized spacial score (nSPS) is 11.2. The summed E-state index contributed by atoms with van der Waals surface area (Å²) in [6.07, 6.45) is 0. The van der Waals surface area contributed by atoms with Crippen molar-refractivity contribution >= 4 is 17.7 Å². The van der Waals surface area contributed by atoms with Gasteiger partial charge < -0.3 is 14.6 Å². The van der Waals surface area contributed by atoms with Gasteiger partial charge in [-0.25, -0.2) is 0 Å². The van der Waals surface area contributed by atoms with Gasteiger partial charge in [0.25, 0.3) is 0 Å². The molecule has 0 unspecified atom stereocenters. The molecule has 19 heavy (non-hydrogen) atoms. The number of thioether (sulfide) groups is 1. The molecule has 4 nitrogen and oxygen atoms in total. The van der Waals surface area contributed by atoms with Crippen LogP contribution in [-0.2, 0) is 4.79 Å². The summed E-state index contributed by atoms with van der Waals surface area (Å²) in [4.78, 5) is 12.0. The van der Waals surface area contributed by atoms with E-state index in [-0.39, 0.29) is 0 Å². The Balaban J connectivity index is 3.06.